The standard InChI is InChI=1S/C10H19N3S/c1-8-10(14-9(2)12-8)7-13(4)6-5-11-3/h11H,5-7H2,1-4H3. The van der Waals surface area contributed by atoms with Crippen molar-refractivity contribution in [1.29, 1.82) is 0 Å². The van der Waals surface area contributed by atoms with Crippen molar-refractivity contribution in [3.05, 3.63) is 15.6 Å². The molecule has 0 aromatic carbocycles. The van der Waals surface area contributed by atoms with Crippen LogP contribution in [0.1, 0.15) is 15.6 Å². The number of hydrogen-bond donors (Lipinski definition) is 1. The number of thiazole rings is 1. The van der Waals surface area contributed by atoms with E-state index in [-0.39, 0.29) is 0 Å². The number of aromatic nitrogens is 1. The first-order chi connectivity index (χ1) is 6.63. The van der Waals surface area contributed by atoms with Crippen LogP contribution in [-0.2, 0) is 6.54 Å². The number of rotatable bonds is 5. The Bertz CT molecular complexity index is 283. The molecule has 0 atom stereocenters. The van der Waals surface area contributed by atoms with Crippen molar-refractivity contribution in [3.63, 3.8) is 0 Å². The van der Waals surface area contributed by atoms with Crippen LogP contribution < -0.4 is 5.32 Å². The first-order valence-corrected chi connectivity index (χ1v) is 5.71. The third-order valence-corrected chi connectivity index (χ3v) is 3.21. The quantitative estimate of drug-likeness (QED) is 0.801. The van der Waals surface area contributed by atoms with Gasteiger partial charge in [-0.2, -0.15) is 0 Å². The molecule has 1 aromatic heterocycles. The highest BCUT2D eigenvalue weighted by Crippen LogP contribution is 2.18. The smallest absolute Gasteiger partial charge is 0.0900 e. The lowest BCUT2D eigenvalue weighted by Crippen LogP contribution is -2.26. The molecule has 1 aromatic rings. The van der Waals surface area contributed by atoms with Gasteiger partial charge in [-0.05, 0) is 27.9 Å². The second-order valence-corrected chi connectivity index (χ2v) is 4.87. The van der Waals surface area contributed by atoms with E-state index in [2.05, 4.69) is 36.1 Å². The summed E-state index contributed by atoms with van der Waals surface area (Å²) < 4.78 is 0. The average molecular weight is 213 g/mol. The normalized spacial score (nSPS) is 11.2. The third kappa shape index (κ3) is 3.36. The van der Waals surface area contributed by atoms with Crippen molar-refractivity contribution in [2.75, 3.05) is 27.2 Å². The molecule has 0 spiro atoms. The monoisotopic (exact) mass is 213 g/mol. The number of nitrogens with one attached hydrogen (secondary N) is 1. The summed E-state index contributed by atoms with van der Waals surface area (Å²) in [6.07, 6.45) is 0. The molecule has 0 aliphatic rings. The predicted octanol–water partition coefficient (Wildman–Crippen LogP) is 1.41. The molecule has 0 saturated carbocycles. The lowest BCUT2D eigenvalue weighted by molar-refractivity contribution is 0.330. The Morgan fingerprint density at radius 3 is 2.64 bits per heavy atom. The van der Waals surface area contributed by atoms with Gasteiger partial charge >= 0.3 is 0 Å². The van der Waals surface area contributed by atoms with E-state index < -0.39 is 0 Å². The Kier molecular flexibility index (Phi) is 4.51. The predicted molar refractivity (Wildman–Crippen MR) is 61.8 cm³/mol. The maximum absolute atomic E-state index is 4.42. The molecule has 0 fully saturated rings. The SMILES string of the molecule is CNCCN(C)Cc1sc(C)nc1C. The molecule has 80 valence electrons. The van der Waals surface area contributed by atoms with Gasteiger partial charge < -0.3 is 5.32 Å². The Morgan fingerprint density at radius 1 is 1.43 bits per heavy atom. The number of hydrogen-bond acceptors (Lipinski definition) is 4. The first kappa shape index (κ1) is 11.6. The molecule has 0 unspecified atom stereocenters. The molecule has 1 rings (SSSR count). The lowest BCUT2D eigenvalue weighted by atomic mass is 10.3. The molecule has 0 aliphatic carbocycles. The Hall–Kier alpha value is -0.450. The largest absolute Gasteiger partial charge is 0.318 e. The maximum atomic E-state index is 4.42. The van der Waals surface area contributed by atoms with Crippen molar-refractivity contribution >= 4 is 11.3 Å². The molecule has 4 heteroatoms. The molecule has 0 saturated heterocycles. The molecule has 1 N–H and O–H groups in total. The van der Waals surface area contributed by atoms with Crippen molar-refractivity contribution < 1.29 is 0 Å². The summed E-state index contributed by atoms with van der Waals surface area (Å²) in [5.74, 6) is 0. The minimum absolute atomic E-state index is 1.01. The zero-order chi connectivity index (χ0) is 10.6. The van der Waals surface area contributed by atoms with Gasteiger partial charge in [0.2, 0.25) is 0 Å². The van der Waals surface area contributed by atoms with E-state index in [4.69, 9.17) is 0 Å². The second kappa shape index (κ2) is 5.44. The van der Waals surface area contributed by atoms with Crippen LogP contribution in [-0.4, -0.2) is 37.1 Å². The molecule has 0 radical (unpaired) electrons. The number of nitrogens with zero attached hydrogens (tertiary/aromatic N) is 2. The van der Waals surface area contributed by atoms with Gasteiger partial charge in [0.1, 0.15) is 0 Å². The highest BCUT2D eigenvalue weighted by molar-refractivity contribution is 7.11. The average Bonchev–Trinajstić information content (AvgIpc) is 2.42. The van der Waals surface area contributed by atoms with Gasteiger partial charge in [0.25, 0.3) is 0 Å². The molecule has 0 bridgehead atoms. The van der Waals surface area contributed by atoms with Crippen LogP contribution >= 0.6 is 11.3 Å². The van der Waals surface area contributed by atoms with Crippen LogP contribution in [0.25, 0.3) is 0 Å². The molecular weight excluding hydrogens is 194 g/mol. The summed E-state index contributed by atoms with van der Waals surface area (Å²) in [6, 6.07) is 0. The summed E-state index contributed by atoms with van der Waals surface area (Å²) in [5.41, 5.74) is 1.18. The third-order valence-electron chi connectivity index (χ3n) is 2.16. The van der Waals surface area contributed by atoms with E-state index in [0.717, 1.165) is 19.6 Å². The van der Waals surface area contributed by atoms with Crippen LogP contribution in [0.4, 0.5) is 0 Å². The Labute approximate surface area is 90.2 Å². The molecular formula is C10H19N3S. The minimum Gasteiger partial charge on any atom is -0.318 e. The molecule has 0 aliphatic heterocycles. The van der Waals surface area contributed by atoms with Crippen molar-refractivity contribution in [2.24, 2.45) is 0 Å². The fourth-order valence-electron chi connectivity index (χ4n) is 1.35. The van der Waals surface area contributed by atoms with Crippen molar-refractivity contribution in [2.45, 2.75) is 20.4 Å². The van der Waals surface area contributed by atoms with Gasteiger partial charge in [0.05, 0.1) is 10.7 Å². The topological polar surface area (TPSA) is 28.2 Å². The summed E-state index contributed by atoms with van der Waals surface area (Å²) >= 11 is 1.80. The van der Waals surface area contributed by atoms with E-state index in [1.165, 1.54) is 15.6 Å². The van der Waals surface area contributed by atoms with Gasteiger partial charge in [-0.15, -0.1) is 11.3 Å². The molecule has 0 amide bonds. The zero-order valence-electron chi connectivity index (χ0n) is 9.42. The van der Waals surface area contributed by atoms with E-state index in [9.17, 15) is 0 Å². The fraction of sp³-hybridized carbons (Fsp3) is 0.700. The summed E-state index contributed by atoms with van der Waals surface area (Å²) in [6.45, 7) is 7.28. The van der Waals surface area contributed by atoms with Gasteiger partial charge in [0.15, 0.2) is 0 Å². The van der Waals surface area contributed by atoms with Crippen LogP contribution in [0, 0.1) is 13.8 Å². The summed E-state index contributed by atoms with van der Waals surface area (Å²) in [7, 11) is 4.13. The van der Waals surface area contributed by atoms with Crippen LogP contribution in [0.15, 0.2) is 0 Å². The number of likely N-dealkylation sites (N-methyl/N-ethyl adjacent to an activating group) is 2. The minimum atomic E-state index is 1.01. The Morgan fingerprint density at radius 2 is 2.14 bits per heavy atom. The maximum Gasteiger partial charge on any atom is 0.0900 e. The van der Waals surface area contributed by atoms with Crippen LogP contribution in [0.2, 0.25) is 0 Å². The van der Waals surface area contributed by atoms with Gasteiger partial charge in [0, 0.05) is 24.5 Å². The fourth-order valence-corrected chi connectivity index (χ4v) is 2.36. The molecule has 3 nitrogen and oxygen atoms in total. The van der Waals surface area contributed by atoms with E-state index in [1.54, 1.807) is 11.3 Å². The first-order valence-electron chi connectivity index (χ1n) is 4.89. The lowest BCUT2D eigenvalue weighted by Gasteiger charge is -2.15. The highest BCUT2D eigenvalue weighted by atomic mass is 32.1. The summed E-state index contributed by atoms with van der Waals surface area (Å²) in [4.78, 5) is 8.13. The highest BCUT2D eigenvalue weighted by Gasteiger charge is 2.06. The second-order valence-electron chi connectivity index (χ2n) is 3.58. The van der Waals surface area contributed by atoms with Crippen LogP contribution in [0.5, 0.6) is 0 Å². The van der Waals surface area contributed by atoms with Crippen molar-refractivity contribution in [1.82, 2.24) is 15.2 Å². The molecule has 14 heavy (non-hydrogen) atoms. The Balaban J connectivity index is 2.47. The number of aryl methyl sites for hydroxylation is 2. The van der Waals surface area contributed by atoms with E-state index in [0.29, 0.717) is 0 Å². The molecule has 1 heterocycles. The van der Waals surface area contributed by atoms with Crippen molar-refractivity contribution in [3.8, 4) is 0 Å². The summed E-state index contributed by atoms with van der Waals surface area (Å²) in [5, 5.41) is 4.32. The van der Waals surface area contributed by atoms with Gasteiger partial charge in [-0.25, -0.2) is 4.98 Å². The van der Waals surface area contributed by atoms with E-state index >= 15 is 0 Å². The van der Waals surface area contributed by atoms with E-state index in [1.807, 2.05) is 7.05 Å². The van der Waals surface area contributed by atoms with Gasteiger partial charge in [-0.3, -0.25) is 4.90 Å². The zero-order valence-corrected chi connectivity index (χ0v) is 10.2. The van der Waals surface area contributed by atoms with Crippen LogP contribution in [0.3, 0.4) is 0 Å². The van der Waals surface area contributed by atoms with Gasteiger partial charge in [-0.1, -0.05) is 0 Å².